The van der Waals surface area contributed by atoms with E-state index in [1.807, 2.05) is 0 Å². The Bertz CT molecular complexity index is 67.8. The van der Waals surface area contributed by atoms with Gasteiger partial charge < -0.3 is 4.89 Å². The van der Waals surface area contributed by atoms with Crippen LogP contribution in [0, 0.1) is 0 Å². The fraction of sp³-hybridized carbons (Fsp3) is 0. The number of rotatable bonds is 0. The summed E-state index contributed by atoms with van der Waals surface area (Å²) in [6, 6.07) is 0. The second kappa shape index (κ2) is 5.59. The Morgan fingerprint density at radius 2 is 1.38 bits per heavy atom. The van der Waals surface area contributed by atoms with Gasteiger partial charge in [0.1, 0.15) is 0 Å². The Morgan fingerprint density at radius 3 is 1.38 bits per heavy atom. The van der Waals surface area contributed by atoms with Crippen LogP contribution >= 0.6 is 16.6 Å². The molecule has 1 unspecified atom stereocenters. The van der Waals surface area contributed by atoms with Crippen molar-refractivity contribution in [3.63, 3.8) is 0 Å². The summed E-state index contributed by atoms with van der Waals surface area (Å²) in [5.41, 5.74) is 17.8. The van der Waals surface area contributed by atoms with E-state index in [-0.39, 0.29) is 0 Å². The molecule has 8 heavy (non-hydrogen) atoms. The van der Waals surface area contributed by atoms with Gasteiger partial charge in [-0.15, -0.1) is 0 Å². The van der Waals surface area contributed by atoms with E-state index >= 15 is 0 Å². The first-order valence-corrected chi connectivity index (χ1v) is 4.41. The number of nitrogens with two attached hydrogens (primary N) is 4. The predicted molar refractivity (Wildman–Crippen MR) is 34.9 cm³/mol. The van der Waals surface area contributed by atoms with Crippen molar-refractivity contribution >= 4 is 16.6 Å². The van der Waals surface area contributed by atoms with Crippen LogP contribution in [0.25, 0.3) is 0 Å². The highest BCUT2D eigenvalue weighted by atomic mass is 31.2. The minimum Gasteiger partial charge on any atom is -0.362 e. The van der Waals surface area contributed by atoms with Crippen LogP contribution < -0.4 is 22.0 Å². The molecule has 9 N–H and O–H groups in total. The lowest BCUT2D eigenvalue weighted by atomic mass is 13.8. The first-order chi connectivity index (χ1) is 3.41. The quantitative estimate of drug-likeness (QED) is 0.270. The molecule has 0 saturated carbocycles. The molecule has 0 aromatic carbocycles. The van der Waals surface area contributed by atoms with E-state index in [1.54, 1.807) is 0 Å². The lowest BCUT2D eigenvalue weighted by Crippen LogP contribution is -2.12. The Kier molecular flexibility index (Phi) is 7.89. The highest BCUT2D eigenvalue weighted by molar-refractivity contribution is 7.56. The maximum atomic E-state index is 9.55. The Hall–Kier alpha value is 0.460. The molecule has 8 heteroatoms. The summed E-state index contributed by atoms with van der Waals surface area (Å²) in [4.78, 5) is 7.38. The van der Waals surface area contributed by atoms with Gasteiger partial charge in [0.15, 0.2) is 0 Å². The summed E-state index contributed by atoms with van der Waals surface area (Å²) in [5, 5.41) is 0. The van der Waals surface area contributed by atoms with Gasteiger partial charge >= 0.3 is 0 Å². The van der Waals surface area contributed by atoms with Crippen LogP contribution in [0.1, 0.15) is 0 Å². The molecule has 52 valence electrons. The molecule has 0 fully saturated rings. The molecule has 0 aliphatic rings. The molecular formula is H10N4O2P2. The smallest absolute Gasteiger partial charge is 0.271 e. The van der Waals surface area contributed by atoms with Crippen molar-refractivity contribution in [3.8, 4) is 0 Å². The minimum absolute atomic E-state index is 0.417. The van der Waals surface area contributed by atoms with Gasteiger partial charge in [0.25, 0.3) is 7.59 Å². The molecule has 0 aromatic heterocycles. The van der Waals surface area contributed by atoms with Gasteiger partial charge in [0, 0.05) is 0 Å². The van der Waals surface area contributed by atoms with Crippen LogP contribution in [0.4, 0.5) is 0 Å². The first kappa shape index (κ1) is 11.3. The maximum Gasteiger partial charge on any atom is 0.271 e. The van der Waals surface area contributed by atoms with E-state index in [0.717, 1.165) is 0 Å². The monoisotopic (exact) mass is 160 g/mol. The molecule has 0 aliphatic carbocycles. The molecule has 0 bridgehead atoms. The first-order valence-electron chi connectivity index (χ1n) is 1.47. The van der Waals surface area contributed by atoms with Crippen molar-refractivity contribution in [2.75, 3.05) is 0 Å². The van der Waals surface area contributed by atoms with Crippen LogP contribution in [-0.2, 0) is 4.57 Å². The molecule has 0 rings (SSSR count). The van der Waals surface area contributed by atoms with E-state index in [1.165, 1.54) is 0 Å². The largest absolute Gasteiger partial charge is 0.362 e. The third-order valence-electron chi connectivity index (χ3n) is 0. The van der Waals surface area contributed by atoms with Crippen molar-refractivity contribution in [2.45, 2.75) is 0 Å². The third kappa shape index (κ3) is 910. The van der Waals surface area contributed by atoms with Gasteiger partial charge in [-0.2, -0.15) is 0 Å². The highest BCUT2D eigenvalue weighted by Crippen LogP contribution is 2.06. The standard InChI is InChI=1S/H6N3OP.H4NOP/c1-5(2,3)4;1-3-2/h(H6,1,2,3,4);2-3H,1H2. The number of hydrogen-bond donors (Lipinski definition) is 5. The van der Waals surface area contributed by atoms with Crippen molar-refractivity contribution in [2.24, 2.45) is 22.0 Å². The van der Waals surface area contributed by atoms with E-state index in [4.69, 9.17) is 4.89 Å². The molecule has 0 aliphatic heterocycles. The summed E-state index contributed by atoms with van der Waals surface area (Å²) in [7, 11) is -3.56. The molecule has 6 nitrogen and oxygen atoms in total. The second-order valence-electron chi connectivity index (χ2n) is 0.893. The lowest BCUT2D eigenvalue weighted by molar-refractivity contribution is 0.577. The molecule has 0 saturated heterocycles. The van der Waals surface area contributed by atoms with Gasteiger partial charge in [-0.05, 0) is 0 Å². The van der Waals surface area contributed by atoms with Crippen LogP contribution in [0.5, 0.6) is 0 Å². The second-order valence-corrected chi connectivity index (χ2v) is 2.68. The summed E-state index contributed by atoms with van der Waals surface area (Å²) in [5.74, 6) is 0. The van der Waals surface area contributed by atoms with Gasteiger partial charge in [-0.25, -0.2) is 0 Å². The van der Waals surface area contributed by atoms with E-state index in [0.29, 0.717) is 0 Å². The summed E-state index contributed by atoms with van der Waals surface area (Å²) in [6.07, 6.45) is 0. The van der Waals surface area contributed by atoms with Gasteiger partial charge in [-0.3, -0.25) is 26.6 Å². The SMILES string of the molecule is NP(N)(N)=O.NPO. The Labute approximate surface area is 49.0 Å². The average molecular weight is 160 g/mol. The topological polar surface area (TPSA) is 141 Å². The molecule has 0 spiro atoms. The van der Waals surface area contributed by atoms with E-state index in [2.05, 4.69) is 22.0 Å². The molecule has 0 radical (unpaired) electrons. The zero-order chi connectivity index (χ0) is 7.21. The summed E-state index contributed by atoms with van der Waals surface area (Å²) >= 11 is 0. The van der Waals surface area contributed by atoms with Gasteiger partial charge in [0.05, 0.1) is 8.96 Å². The Morgan fingerprint density at radius 1 is 1.38 bits per heavy atom. The Balaban J connectivity index is 0. The van der Waals surface area contributed by atoms with Crippen molar-refractivity contribution < 1.29 is 9.46 Å². The molecule has 0 aromatic rings. The normalized spacial score (nSPS) is 11.1. The molecule has 1 atom stereocenters. The van der Waals surface area contributed by atoms with E-state index < -0.39 is 16.6 Å². The van der Waals surface area contributed by atoms with Crippen LogP contribution in [0.2, 0.25) is 0 Å². The number of hydrogen-bond acceptors (Lipinski definition) is 3. The van der Waals surface area contributed by atoms with Crippen molar-refractivity contribution in [3.05, 3.63) is 0 Å². The molecule has 0 heterocycles. The molecular weight excluding hydrogens is 150 g/mol. The van der Waals surface area contributed by atoms with E-state index in [9.17, 15) is 4.57 Å². The van der Waals surface area contributed by atoms with Gasteiger partial charge in [-0.1, -0.05) is 0 Å². The maximum absolute atomic E-state index is 9.55. The highest BCUT2D eigenvalue weighted by Gasteiger charge is 1.90. The lowest BCUT2D eigenvalue weighted by Gasteiger charge is -1.88. The predicted octanol–water partition coefficient (Wildman–Crippen LogP) is -1.58. The van der Waals surface area contributed by atoms with Gasteiger partial charge in [0.2, 0.25) is 0 Å². The average Bonchev–Trinajstić information content (AvgIpc) is 1.27. The zero-order valence-corrected chi connectivity index (χ0v) is 6.01. The zero-order valence-electron chi connectivity index (χ0n) is 4.11. The summed E-state index contributed by atoms with van der Waals surface area (Å²) in [6.45, 7) is 0. The fourth-order valence-corrected chi connectivity index (χ4v) is 0. The van der Waals surface area contributed by atoms with Crippen LogP contribution in [0.15, 0.2) is 0 Å². The minimum atomic E-state index is -3.14. The third-order valence-corrected chi connectivity index (χ3v) is 0. The summed E-state index contributed by atoms with van der Waals surface area (Å²) < 4.78 is 9.55. The van der Waals surface area contributed by atoms with Crippen molar-refractivity contribution in [1.82, 2.24) is 0 Å². The molecule has 0 amide bonds. The van der Waals surface area contributed by atoms with Crippen LogP contribution in [-0.4, -0.2) is 4.89 Å². The fourth-order valence-electron chi connectivity index (χ4n) is 0. The van der Waals surface area contributed by atoms with Crippen molar-refractivity contribution in [1.29, 1.82) is 0 Å². The van der Waals surface area contributed by atoms with Crippen LogP contribution in [0.3, 0.4) is 0 Å².